The summed E-state index contributed by atoms with van der Waals surface area (Å²) in [5.74, 6) is -2.50. The van der Waals surface area contributed by atoms with E-state index in [1.165, 1.54) is 6.21 Å². The predicted octanol–water partition coefficient (Wildman–Crippen LogP) is 1.04. The molecule has 3 rings (SSSR count). The molecule has 0 bridgehead atoms. The normalized spacial score (nSPS) is 13.7. The zero-order valence-electron chi connectivity index (χ0n) is 16.7. The number of nitrogens with zero attached hydrogens (tertiary/aromatic N) is 1. The van der Waals surface area contributed by atoms with Crippen LogP contribution in [0.15, 0.2) is 52.0 Å². The molecular weight excluding hydrogens is 402 g/mol. The van der Waals surface area contributed by atoms with Gasteiger partial charge < -0.3 is 20.4 Å². The molecule has 1 aliphatic rings. The first-order valence-electron chi connectivity index (χ1n) is 9.88. The average molecular weight is 425 g/mol. The summed E-state index contributed by atoms with van der Waals surface area (Å²) in [5.41, 5.74) is 2.65. The summed E-state index contributed by atoms with van der Waals surface area (Å²) in [7, 11) is 0. The molecule has 1 aromatic carbocycles. The highest BCUT2D eigenvalue weighted by Crippen LogP contribution is 2.17. The Labute approximate surface area is 178 Å². The van der Waals surface area contributed by atoms with E-state index in [0.717, 1.165) is 25.7 Å². The highest BCUT2D eigenvalue weighted by Gasteiger charge is 2.21. The van der Waals surface area contributed by atoms with Crippen LogP contribution in [0.2, 0.25) is 0 Å². The van der Waals surface area contributed by atoms with Crippen LogP contribution in [0.3, 0.4) is 0 Å². The molecular formula is C21H23N5O5. The molecule has 4 N–H and O–H groups in total. The quantitative estimate of drug-likeness (QED) is 0.311. The Kier molecular flexibility index (Phi) is 7.52. The second kappa shape index (κ2) is 10.7. The van der Waals surface area contributed by atoms with Crippen LogP contribution in [0.1, 0.15) is 37.2 Å². The number of carbonyl (C=O) groups excluding carboxylic acids is 4. The first kappa shape index (κ1) is 21.8. The minimum atomic E-state index is -0.855. The fraction of sp³-hybridized carbons (Fsp3) is 0.286. The van der Waals surface area contributed by atoms with Crippen LogP contribution in [-0.4, -0.2) is 35.9 Å². The second-order valence-corrected chi connectivity index (χ2v) is 6.96. The number of amides is 4. The lowest BCUT2D eigenvalue weighted by Gasteiger charge is -2.09. The molecule has 10 heteroatoms. The van der Waals surface area contributed by atoms with Crippen LogP contribution in [0.25, 0.3) is 0 Å². The van der Waals surface area contributed by atoms with Gasteiger partial charge in [-0.1, -0.05) is 31.0 Å². The molecule has 1 aliphatic carbocycles. The summed E-state index contributed by atoms with van der Waals surface area (Å²) in [6, 6.07) is 11.8. The van der Waals surface area contributed by atoms with Crippen molar-refractivity contribution in [1.82, 2.24) is 16.1 Å². The van der Waals surface area contributed by atoms with Gasteiger partial charge in [0.05, 0.1) is 12.8 Å². The summed E-state index contributed by atoms with van der Waals surface area (Å²) in [6.45, 7) is -0.00889. The molecule has 0 unspecified atom stereocenters. The van der Waals surface area contributed by atoms with Crippen molar-refractivity contribution >= 4 is 35.5 Å². The molecule has 0 aliphatic heterocycles. The van der Waals surface area contributed by atoms with Crippen LogP contribution in [0.4, 0.5) is 5.69 Å². The topological polar surface area (TPSA) is 142 Å². The van der Waals surface area contributed by atoms with E-state index in [9.17, 15) is 19.2 Å². The maximum atomic E-state index is 11.9. The Bertz CT molecular complexity index is 964. The van der Waals surface area contributed by atoms with Crippen molar-refractivity contribution in [2.24, 2.45) is 5.10 Å². The van der Waals surface area contributed by atoms with Crippen molar-refractivity contribution in [3.8, 4) is 0 Å². The number of furan rings is 1. The van der Waals surface area contributed by atoms with Gasteiger partial charge in [-0.25, -0.2) is 5.43 Å². The first-order chi connectivity index (χ1) is 15.0. The molecule has 31 heavy (non-hydrogen) atoms. The molecule has 10 nitrogen and oxygen atoms in total. The lowest BCUT2D eigenvalue weighted by Crippen LogP contribution is -2.42. The SMILES string of the molecule is O=C(NCc1ccc(/C=N/NC(=O)C(=O)NC2CCCC2)o1)C(=O)Nc1ccccc1. The Morgan fingerprint density at radius 2 is 1.68 bits per heavy atom. The molecule has 162 valence electrons. The minimum Gasteiger partial charge on any atom is -0.458 e. The first-order valence-corrected chi connectivity index (χ1v) is 9.88. The number of hydrazone groups is 1. The second-order valence-electron chi connectivity index (χ2n) is 6.96. The fourth-order valence-corrected chi connectivity index (χ4v) is 3.04. The van der Waals surface area contributed by atoms with E-state index in [4.69, 9.17) is 4.42 Å². The van der Waals surface area contributed by atoms with E-state index < -0.39 is 23.6 Å². The number of anilines is 1. The third-order valence-electron chi connectivity index (χ3n) is 4.60. The molecule has 0 spiro atoms. The van der Waals surface area contributed by atoms with Crippen LogP contribution in [0, 0.1) is 0 Å². The van der Waals surface area contributed by atoms with Crippen LogP contribution >= 0.6 is 0 Å². The van der Waals surface area contributed by atoms with Crippen molar-refractivity contribution in [3.05, 3.63) is 54.0 Å². The van der Waals surface area contributed by atoms with Gasteiger partial charge in [-0.05, 0) is 37.1 Å². The summed E-state index contributed by atoms with van der Waals surface area (Å²) in [5, 5.41) is 11.3. The van der Waals surface area contributed by atoms with Gasteiger partial charge in [-0.3, -0.25) is 19.2 Å². The molecule has 0 saturated heterocycles. The highest BCUT2D eigenvalue weighted by atomic mass is 16.3. The Morgan fingerprint density at radius 1 is 0.935 bits per heavy atom. The highest BCUT2D eigenvalue weighted by molar-refractivity contribution is 6.39. The van der Waals surface area contributed by atoms with Crippen LogP contribution in [-0.2, 0) is 25.7 Å². The number of para-hydroxylation sites is 1. The van der Waals surface area contributed by atoms with Gasteiger partial charge >= 0.3 is 23.6 Å². The van der Waals surface area contributed by atoms with E-state index in [2.05, 4.69) is 26.5 Å². The number of hydrogen-bond acceptors (Lipinski definition) is 6. The maximum Gasteiger partial charge on any atom is 0.329 e. The standard InChI is InChI=1S/C21H23N5O5/c27-18(19(28)24-14-6-2-1-3-7-14)22-12-16-10-11-17(31-16)13-23-26-21(30)20(29)25-15-8-4-5-9-15/h1-3,6-7,10-11,13,15H,4-5,8-9,12H2,(H,22,27)(H,24,28)(H,25,29)(H,26,30)/b23-13+. The molecule has 2 aromatic rings. The van der Waals surface area contributed by atoms with Gasteiger partial charge in [0.2, 0.25) is 0 Å². The van der Waals surface area contributed by atoms with Crippen molar-refractivity contribution in [3.63, 3.8) is 0 Å². The van der Waals surface area contributed by atoms with Crippen molar-refractivity contribution in [1.29, 1.82) is 0 Å². The number of rotatable bonds is 6. The van der Waals surface area contributed by atoms with Crippen molar-refractivity contribution in [2.75, 3.05) is 5.32 Å². The van der Waals surface area contributed by atoms with Crippen molar-refractivity contribution in [2.45, 2.75) is 38.3 Å². The fourth-order valence-electron chi connectivity index (χ4n) is 3.04. The van der Waals surface area contributed by atoms with Crippen LogP contribution < -0.4 is 21.4 Å². The number of hydrogen-bond donors (Lipinski definition) is 4. The number of nitrogens with one attached hydrogen (secondary N) is 4. The summed E-state index contributed by atoms with van der Waals surface area (Å²) < 4.78 is 5.43. The van der Waals surface area contributed by atoms with Crippen LogP contribution in [0.5, 0.6) is 0 Å². The van der Waals surface area contributed by atoms with E-state index in [0.29, 0.717) is 17.2 Å². The lowest BCUT2D eigenvalue weighted by molar-refractivity contribution is -0.139. The molecule has 0 atom stereocenters. The van der Waals surface area contributed by atoms with Gasteiger partial charge in [0, 0.05) is 11.7 Å². The van der Waals surface area contributed by atoms with Gasteiger partial charge in [0.1, 0.15) is 11.5 Å². The smallest absolute Gasteiger partial charge is 0.329 e. The largest absolute Gasteiger partial charge is 0.458 e. The predicted molar refractivity (Wildman–Crippen MR) is 112 cm³/mol. The van der Waals surface area contributed by atoms with E-state index in [1.54, 1.807) is 42.5 Å². The molecule has 4 amide bonds. The van der Waals surface area contributed by atoms with E-state index >= 15 is 0 Å². The number of carbonyl (C=O) groups is 4. The maximum absolute atomic E-state index is 11.9. The molecule has 1 fully saturated rings. The third kappa shape index (κ3) is 6.81. The van der Waals surface area contributed by atoms with Gasteiger partial charge in [0.25, 0.3) is 0 Å². The molecule has 1 saturated carbocycles. The Hall–Kier alpha value is -3.95. The summed E-state index contributed by atoms with van der Waals surface area (Å²) in [4.78, 5) is 47.3. The van der Waals surface area contributed by atoms with Gasteiger partial charge in [-0.15, -0.1) is 0 Å². The zero-order chi connectivity index (χ0) is 22.1. The summed E-state index contributed by atoms with van der Waals surface area (Å²) in [6.07, 6.45) is 5.07. The zero-order valence-corrected chi connectivity index (χ0v) is 16.7. The molecule has 1 aromatic heterocycles. The average Bonchev–Trinajstić information content (AvgIpc) is 3.44. The molecule has 0 radical (unpaired) electrons. The number of benzene rings is 1. The third-order valence-corrected chi connectivity index (χ3v) is 4.60. The molecule has 1 heterocycles. The van der Waals surface area contributed by atoms with E-state index in [1.807, 2.05) is 0 Å². The van der Waals surface area contributed by atoms with Gasteiger partial charge in [0.15, 0.2) is 0 Å². The van der Waals surface area contributed by atoms with Gasteiger partial charge in [-0.2, -0.15) is 5.10 Å². The Morgan fingerprint density at radius 3 is 2.42 bits per heavy atom. The lowest BCUT2D eigenvalue weighted by atomic mass is 10.2. The minimum absolute atomic E-state index is 0.00889. The summed E-state index contributed by atoms with van der Waals surface area (Å²) >= 11 is 0. The Balaban J connectivity index is 1.40. The monoisotopic (exact) mass is 425 g/mol. The van der Waals surface area contributed by atoms with Crippen molar-refractivity contribution < 1.29 is 23.6 Å². The van der Waals surface area contributed by atoms with E-state index in [-0.39, 0.29) is 12.6 Å².